The molecule has 0 spiro atoms. The number of aromatic nitrogens is 3. The number of hydrogen-bond donors (Lipinski definition) is 0. The molecule has 22 heavy (non-hydrogen) atoms. The Balaban J connectivity index is 1.96. The molecule has 1 aromatic heterocycles. The molecule has 0 atom stereocenters. The van der Waals surface area contributed by atoms with E-state index in [-0.39, 0.29) is 5.78 Å². The van der Waals surface area contributed by atoms with Gasteiger partial charge in [-0.15, -0.1) is 10.2 Å². The van der Waals surface area contributed by atoms with Gasteiger partial charge in [0, 0.05) is 11.1 Å². The summed E-state index contributed by atoms with van der Waals surface area (Å²) >= 11 is 5.34. The lowest BCUT2D eigenvalue weighted by molar-refractivity contribution is 0.103. The quantitative estimate of drug-likeness (QED) is 0.533. The maximum Gasteiger partial charge on any atom is 0.221 e. The van der Waals surface area contributed by atoms with Crippen molar-refractivity contribution < 1.29 is 4.79 Å². The van der Waals surface area contributed by atoms with E-state index in [9.17, 15) is 4.79 Å². The Morgan fingerprint density at radius 3 is 2.36 bits per heavy atom. The number of ketones is 1. The Morgan fingerprint density at radius 1 is 0.909 bits per heavy atom. The minimum absolute atomic E-state index is 0.0880. The summed E-state index contributed by atoms with van der Waals surface area (Å²) in [7, 11) is 0. The van der Waals surface area contributed by atoms with Crippen molar-refractivity contribution in [3.8, 4) is 11.3 Å². The largest absolute Gasteiger partial charge is 0.309 e. The van der Waals surface area contributed by atoms with Crippen LogP contribution in [0.2, 0.25) is 0 Å². The van der Waals surface area contributed by atoms with Crippen LogP contribution in [0.15, 0.2) is 54.6 Å². The SMILES string of the molecule is O=C1c2ccccc2-c2c1nnc(=S)n2Cc1ccccc1. The molecule has 0 amide bonds. The lowest BCUT2D eigenvalue weighted by Crippen LogP contribution is -2.11. The summed E-state index contributed by atoms with van der Waals surface area (Å²) in [4.78, 5) is 12.5. The average molecular weight is 305 g/mol. The highest BCUT2D eigenvalue weighted by Crippen LogP contribution is 2.35. The first-order valence-electron chi connectivity index (χ1n) is 6.91. The first-order valence-corrected chi connectivity index (χ1v) is 7.32. The molecule has 5 heteroatoms. The molecule has 1 aliphatic carbocycles. The van der Waals surface area contributed by atoms with Crippen LogP contribution in [-0.4, -0.2) is 20.5 Å². The number of rotatable bonds is 2. The molecule has 1 aliphatic rings. The smallest absolute Gasteiger partial charge is 0.221 e. The second-order valence-electron chi connectivity index (χ2n) is 5.13. The number of hydrogen-bond acceptors (Lipinski definition) is 4. The van der Waals surface area contributed by atoms with E-state index in [1.807, 2.05) is 59.2 Å². The molecule has 2 aromatic carbocycles. The van der Waals surface area contributed by atoms with E-state index in [0.29, 0.717) is 22.6 Å². The Labute approximate surface area is 132 Å². The summed E-state index contributed by atoms with van der Waals surface area (Å²) in [6.45, 7) is 0.569. The zero-order valence-electron chi connectivity index (χ0n) is 11.6. The molecule has 0 fully saturated rings. The van der Waals surface area contributed by atoms with Crippen LogP contribution in [0.25, 0.3) is 11.3 Å². The van der Waals surface area contributed by atoms with Gasteiger partial charge in [-0.3, -0.25) is 4.79 Å². The molecular weight excluding hydrogens is 294 g/mol. The molecule has 3 aromatic rings. The van der Waals surface area contributed by atoms with Gasteiger partial charge in [0.15, 0.2) is 5.69 Å². The summed E-state index contributed by atoms with van der Waals surface area (Å²) < 4.78 is 2.27. The predicted octanol–water partition coefficient (Wildman–Crippen LogP) is 3.27. The van der Waals surface area contributed by atoms with E-state index in [4.69, 9.17) is 12.2 Å². The highest BCUT2D eigenvalue weighted by Gasteiger charge is 2.31. The third-order valence-corrected chi connectivity index (χ3v) is 4.09. The van der Waals surface area contributed by atoms with E-state index in [1.165, 1.54) is 0 Å². The van der Waals surface area contributed by atoms with Gasteiger partial charge in [-0.2, -0.15) is 0 Å². The second kappa shape index (κ2) is 4.96. The van der Waals surface area contributed by atoms with Gasteiger partial charge >= 0.3 is 0 Å². The van der Waals surface area contributed by atoms with Crippen LogP contribution in [0.1, 0.15) is 21.6 Å². The molecule has 0 radical (unpaired) electrons. The van der Waals surface area contributed by atoms with Crippen molar-refractivity contribution >= 4 is 18.0 Å². The maximum atomic E-state index is 12.5. The average Bonchev–Trinajstić information content (AvgIpc) is 2.85. The van der Waals surface area contributed by atoms with Gasteiger partial charge in [0.2, 0.25) is 10.6 Å². The van der Waals surface area contributed by atoms with Crippen LogP contribution in [-0.2, 0) is 6.54 Å². The van der Waals surface area contributed by atoms with Crippen molar-refractivity contribution in [2.24, 2.45) is 0 Å². The summed E-state index contributed by atoms with van der Waals surface area (Å²) in [6, 6.07) is 17.5. The third-order valence-electron chi connectivity index (χ3n) is 3.79. The Morgan fingerprint density at radius 2 is 1.59 bits per heavy atom. The first-order chi connectivity index (χ1) is 10.8. The van der Waals surface area contributed by atoms with E-state index in [1.54, 1.807) is 0 Å². The summed E-state index contributed by atoms with van der Waals surface area (Å²) in [5.74, 6) is -0.0880. The Kier molecular flexibility index (Phi) is 2.94. The molecule has 0 bridgehead atoms. The fourth-order valence-electron chi connectivity index (χ4n) is 2.77. The molecule has 0 saturated heterocycles. The molecule has 0 unspecified atom stereocenters. The fourth-order valence-corrected chi connectivity index (χ4v) is 2.97. The normalized spacial score (nSPS) is 12.1. The van der Waals surface area contributed by atoms with Crippen LogP contribution in [0.3, 0.4) is 0 Å². The summed E-state index contributed by atoms with van der Waals surface area (Å²) in [5, 5.41) is 8.02. The molecule has 4 nitrogen and oxygen atoms in total. The van der Waals surface area contributed by atoms with Crippen molar-refractivity contribution in [1.82, 2.24) is 14.8 Å². The van der Waals surface area contributed by atoms with Gasteiger partial charge in [-0.05, 0) is 17.8 Å². The van der Waals surface area contributed by atoms with Gasteiger partial charge in [0.05, 0.1) is 12.2 Å². The maximum absolute atomic E-state index is 12.5. The van der Waals surface area contributed by atoms with Gasteiger partial charge in [-0.1, -0.05) is 54.6 Å². The molecular formula is C17H11N3OS. The molecule has 0 saturated carbocycles. The molecule has 0 aliphatic heterocycles. The lowest BCUT2D eigenvalue weighted by Gasteiger charge is -2.12. The Hall–Kier alpha value is -2.66. The molecule has 4 rings (SSSR count). The van der Waals surface area contributed by atoms with Crippen LogP contribution in [0.5, 0.6) is 0 Å². The molecule has 106 valence electrons. The van der Waals surface area contributed by atoms with Crippen molar-refractivity contribution in [2.75, 3.05) is 0 Å². The number of nitrogens with zero attached hydrogens (tertiary/aromatic N) is 3. The first kappa shape index (κ1) is 13.0. The third kappa shape index (κ3) is 1.90. The zero-order chi connectivity index (χ0) is 15.1. The van der Waals surface area contributed by atoms with E-state index >= 15 is 0 Å². The number of carbonyl (C=O) groups excluding carboxylic acids is 1. The monoisotopic (exact) mass is 305 g/mol. The van der Waals surface area contributed by atoms with Gasteiger partial charge in [0.1, 0.15) is 0 Å². The lowest BCUT2D eigenvalue weighted by atomic mass is 10.1. The van der Waals surface area contributed by atoms with Crippen LogP contribution >= 0.6 is 12.2 Å². The van der Waals surface area contributed by atoms with E-state index < -0.39 is 0 Å². The van der Waals surface area contributed by atoms with Crippen molar-refractivity contribution in [3.63, 3.8) is 0 Å². The number of benzene rings is 2. The van der Waals surface area contributed by atoms with Crippen molar-refractivity contribution in [3.05, 3.63) is 76.2 Å². The topological polar surface area (TPSA) is 47.8 Å². The highest BCUT2D eigenvalue weighted by atomic mass is 32.1. The summed E-state index contributed by atoms with van der Waals surface area (Å²) in [6.07, 6.45) is 0. The fraction of sp³-hybridized carbons (Fsp3) is 0.0588. The van der Waals surface area contributed by atoms with Crippen molar-refractivity contribution in [2.45, 2.75) is 6.54 Å². The Bertz CT molecular complexity index is 948. The predicted molar refractivity (Wildman–Crippen MR) is 85.3 cm³/mol. The van der Waals surface area contributed by atoms with E-state index in [2.05, 4.69) is 10.2 Å². The van der Waals surface area contributed by atoms with Crippen LogP contribution in [0.4, 0.5) is 0 Å². The zero-order valence-corrected chi connectivity index (χ0v) is 12.4. The highest BCUT2D eigenvalue weighted by molar-refractivity contribution is 7.71. The molecule has 1 heterocycles. The van der Waals surface area contributed by atoms with Crippen molar-refractivity contribution in [1.29, 1.82) is 0 Å². The van der Waals surface area contributed by atoms with E-state index in [0.717, 1.165) is 16.8 Å². The summed E-state index contributed by atoms with van der Waals surface area (Å²) in [5.41, 5.74) is 3.79. The van der Waals surface area contributed by atoms with Crippen LogP contribution in [0, 0.1) is 4.77 Å². The second-order valence-corrected chi connectivity index (χ2v) is 5.49. The van der Waals surface area contributed by atoms with Gasteiger partial charge in [-0.25, -0.2) is 0 Å². The minimum atomic E-state index is -0.0880. The van der Waals surface area contributed by atoms with Gasteiger partial charge in [0.25, 0.3) is 0 Å². The van der Waals surface area contributed by atoms with Gasteiger partial charge < -0.3 is 4.57 Å². The minimum Gasteiger partial charge on any atom is -0.309 e. The van der Waals surface area contributed by atoms with Crippen LogP contribution < -0.4 is 0 Å². The molecule has 0 N–H and O–H groups in total. The number of fused-ring (bicyclic) bond motifs is 3. The number of carbonyl (C=O) groups is 1. The standard InChI is InChI=1S/C17H11N3OS/c21-16-13-9-5-4-8-12(13)15-14(16)18-19-17(22)20(15)10-11-6-2-1-3-7-11/h1-9H,10H2.